The number of benzene rings is 3. The van der Waals surface area contributed by atoms with Gasteiger partial charge < -0.3 is 14.2 Å². The first-order valence-corrected chi connectivity index (χ1v) is 10.9. The highest BCUT2D eigenvalue weighted by Crippen LogP contribution is 2.26. The van der Waals surface area contributed by atoms with E-state index in [2.05, 4.69) is 0 Å². The Labute approximate surface area is 174 Å². The third kappa shape index (κ3) is 4.16. The maximum Gasteiger partial charge on any atom is 0.343 e. The lowest BCUT2D eigenvalue weighted by Crippen LogP contribution is -2.40. The van der Waals surface area contributed by atoms with Gasteiger partial charge in [0.25, 0.3) is 0 Å². The van der Waals surface area contributed by atoms with Crippen LogP contribution in [0.4, 0.5) is 0 Å². The summed E-state index contributed by atoms with van der Waals surface area (Å²) in [4.78, 5) is 12.7. The van der Waals surface area contributed by atoms with Crippen LogP contribution >= 0.6 is 0 Å². The van der Waals surface area contributed by atoms with Crippen molar-refractivity contribution in [1.82, 2.24) is 4.31 Å². The number of fused-ring (bicyclic) bond motifs is 1. The molecule has 0 amide bonds. The number of ether oxygens (including phenoxy) is 3. The highest BCUT2D eigenvalue weighted by molar-refractivity contribution is 7.89. The molecule has 0 aromatic heterocycles. The predicted octanol–water partition coefficient (Wildman–Crippen LogP) is 3.09. The fourth-order valence-corrected chi connectivity index (χ4v) is 4.67. The maximum atomic E-state index is 12.7. The van der Waals surface area contributed by atoms with Gasteiger partial charge in [0, 0.05) is 13.1 Å². The molecule has 3 aromatic rings. The summed E-state index contributed by atoms with van der Waals surface area (Å²) in [5.41, 5.74) is 0.265. The molecule has 30 heavy (non-hydrogen) atoms. The second-order valence-corrected chi connectivity index (χ2v) is 8.74. The number of esters is 1. The number of methoxy groups -OCH3 is 1. The molecule has 8 heteroatoms. The zero-order chi connectivity index (χ0) is 21.1. The molecule has 7 nitrogen and oxygen atoms in total. The Hall–Kier alpha value is -2.94. The summed E-state index contributed by atoms with van der Waals surface area (Å²) in [7, 11) is -2.01. The van der Waals surface area contributed by atoms with Gasteiger partial charge in [-0.05, 0) is 59.3 Å². The third-order valence-corrected chi connectivity index (χ3v) is 6.84. The average Bonchev–Trinajstić information content (AvgIpc) is 2.79. The number of carbonyl (C=O) groups is 1. The van der Waals surface area contributed by atoms with E-state index in [4.69, 9.17) is 14.2 Å². The van der Waals surface area contributed by atoms with Crippen LogP contribution < -0.4 is 9.47 Å². The first-order valence-electron chi connectivity index (χ1n) is 9.45. The Morgan fingerprint density at radius 2 is 1.53 bits per heavy atom. The molecule has 0 atom stereocenters. The number of sulfonamides is 1. The van der Waals surface area contributed by atoms with Gasteiger partial charge in [0.1, 0.15) is 11.5 Å². The van der Waals surface area contributed by atoms with Crippen molar-refractivity contribution in [3.63, 3.8) is 0 Å². The number of nitrogens with zero attached hydrogens (tertiary/aromatic N) is 1. The van der Waals surface area contributed by atoms with Crippen LogP contribution in [0, 0.1) is 0 Å². The monoisotopic (exact) mass is 427 g/mol. The van der Waals surface area contributed by atoms with Gasteiger partial charge in [0.2, 0.25) is 10.0 Å². The van der Waals surface area contributed by atoms with Crippen LogP contribution in [0.2, 0.25) is 0 Å². The van der Waals surface area contributed by atoms with Gasteiger partial charge in [0.05, 0.1) is 30.8 Å². The first-order chi connectivity index (χ1) is 14.5. The van der Waals surface area contributed by atoms with Gasteiger partial charge >= 0.3 is 5.97 Å². The Bertz CT molecular complexity index is 1170. The molecule has 1 aliphatic rings. The zero-order valence-corrected chi connectivity index (χ0v) is 17.2. The molecule has 0 N–H and O–H groups in total. The molecule has 0 radical (unpaired) electrons. The smallest absolute Gasteiger partial charge is 0.343 e. The summed E-state index contributed by atoms with van der Waals surface area (Å²) in [5.74, 6) is 0.543. The van der Waals surface area contributed by atoms with Crippen molar-refractivity contribution < 1.29 is 27.4 Å². The molecule has 0 unspecified atom stereocenters. The summed E-state index contributed by atoms with van der Waals surface area (Å²) in [5, 5.41) is 1.87. The van der Waals surface area contributed by atoms with Gasteiger partial charge in [-0.2, -0.15) is 4.31 Å². The molecular formula is C22H21NO6S. The highest BCUT2D eigenvalue weighted by atomic mass is 32.2. The van der Waals surface area contributed by atoms with Crippen LogP contribution in [-0.4, -0.2) is 52.1 Å². The molecule has 4 rings (SSSR count). The van der Waals surface area contributed by atoms with E-state index in [0.29, 0.717) is 37.8 Å². The minimum Gasteiger partial charge on any atom is -0.497 e. The normalized spacial score (nSPS) is 15.1. The molecule has 1 aliphatic heterocycles. The van der Waals surface area contributed by atoms with Crippen LogP contribution in [0.5, 0.6) is 11.5 Å². The topological polar surface area (TPSA) is 82.1 Å². The van der Waals surface area contributed by atoms with Crippen molar-refractivity contribution in [3.05, 3.63) is 66.2 Å². The Morgan fingerprint density at radius 3 is 2.20 bits per heavy atom. The van der Waals surface area contributed by atoms with E-state index in [1.165, 1.54) is 28.6 Å². The summed E-state index contributed by atoms with van der Waals surface area (Å²) in [6.07, 6.45) is 0. The molecule has 1 fully saturated rings. The van der Waals surface area contributed by atoms with Crippen LogP contribution in [0.3, 0.4) is 0 Å². The van der Waals surface area contributed by atoms with Crippen LogP contribution in [-0.2, 0) is 14.8 Å². The lowest BCUT2D eigenvalue weighted by Gasteiger charge is -2.26. The lowest BCUT2D eigenvalue weighted by atomic mass is 10.1. The number of rotatable bonds is 5. The van der Waals surface area contributed by atoms with Crippen molar-refractivity contribution in [2.24, 2.45) is 0 Å². The van der Waals surface area contributed by atoms with E-state index in [1.807, 2.05) is 24.3 Å². The fraction of sp³-hybridized carbons (Fsp3) is 0.227. The molecule has 1 heterocycles. The zero-order valence-electron chi connectivity index (χ0n) is 16.4. The van der Waals surface area contributed by atoms with Gasteiger partial charge in [-0.1, -0.05) is 12.1 Å². The SMILES string of the molecule is COc1ccc2ccc(OC(=O)c3ccc(S(=O)(=O)N4CCOCC4)cc3)cc2c1. The largest absolute Gasteiger partial charge is 0.497 e. The second-order valence-electron chi connectivity index (χ2n) is 6.81. The molecule has 0 bridgehead atoms. The first kappa shape index (κ1) is 20.3. The third-order valence-electron chi connectivity index (χ3n) is 4.93. The second kappa shape index (κ2) is 8.43. The number of hydrogen-bond donors (Lipinski definition) is 0. The average molecular weight is 427 g/mol. The summed E-state index contributed by atoms with van der Waals surface area (Å²) < 4.78 is 42.6. The number of hydrogen-bond acceptors (Lipinski definition) is 6. The molecule has 1 saturated heterocycles. The Balaban J connectivity index is 1.50. The summed E-state index contributed by atoms with van der Waals surface area (Å²) in [6.45, 7) is 1.39. The molecule has 156 valence electrons. The van der Waals surface area contributed by atoms with Crippen molar-refractivity contribution in [2.75, 3.05) is 33.4 Å². The maximum absolute atomic E-state index is 12.7. The van der Waals surface area contributed by atoms with Gasteiger partial charge in [-0.3, -0.25) is 0 Å². The Kier molecular flexibility index (Phi) is 5.72. The quantitative estimate of drug-likeness (QED) is 0.460. The minimum atomic E-state index is -3.60. The predicted molar refractivity (Wildman–Crippen MR) is 111 cm³/mol. The van der Waals surface area contributed by atoms with Gasteiger partial charge in [-0.25, -0.2) is 13.2 Å². The van der Waals surface area contributed by atoms with Gasteiger partial charge in [0.15, 0.2) is 0 Å². The van der Waals surface area contributed by atoms with Crippen molar-refractivity contribution >= 4 is 26.8 Å². The lowest BCUT2D eigenvalue weighted by molar-refractivity contribution is 0.0730. The fourth-order valence-electron chi connectivity index (χ4n) is 3.26. The van der Waals surface area contributed by atoms with Crippen LogP contribution in [0.15, 0.2) is 65.6 Å². The van der Waals surface area contributed by atoms with E-state index in [-0.39, 0.29) is 10.5 Å². The molecule has 0 saturated carbocycles. The molecule has 3 aromatic carbocycles. The standard InChI is InChI=1S/C22H21NO6S/c1-27-19-6-2-16-3-7-20(15-18(16)14-19)29-22(24)17-4-8-21(9-5-17)30(25,26)23-10-12-28-13-11-23/h2-9,14-15H,10-13H2,1H3. The van der Waals surface area contributed by atoms with E-state index in [0.717, 1.165) is 10.8 Å². The van der Waals surface area contributed by atoms with Crippen molar-refractivity contribution in [2.45, 2.75) is 4.90 Å². The van der Waals surface area contributed by atoms with E-state index in [1.54, 1.807) is 19.2 Å². The summed E-state index contributed by atoms with van der Waals surface area (Å²) >= 11 is 0. The van der Waals surface area contributed by atoms with E-state index in [9.17, 15) is 13.2 Å². The van der Waals surface area contributed by atoms with Gasteiger partial charge in [-0.15, -0.1) is 0 Å². The van der Waals surface area contributed by atoms with Crippen molar-refractivity contribution in [1.29, 1.82) is 0 Å². The van der Waals surface area contributed by atoms with Crippen molar-refractivity contribution in [3.8, 4) is 11.5 Å². The number of carbonyl (C=O) groups excluding carboxylic acids is 1. The molecule has 0 spiro atoms. The number of morpholine rings is 1. The molecular weight excluding hydrogens is 406 g/mol. The van der Waals surface area contributed by atoms with E-state index < -0.39 is 16.0 Å². The highest BCUT2D eigenvalue weighted by Gasteiger charge is 2.26. The van der Waals surface area contributed by atoms with Crippen LogP contribution in [0.1, 0.15) is 10.4 Å². The Morgan fingerprint density at radius 1 is 0.900 bits per heavy atom. The molecule has 0 aliphatic carbocycles. The summed E-state index contributed by atoms with van der Waals surface area (Å²) in [6, 6.07) is 16.7. The minimum absolute atomic E-state index is 0.138. The van der Waals surface area contributed by atoms with E-state index >= 15 is 0 Å². The van der Waals surface area contributed by atoms with Crippen LogP contribution in [0.25, 0.3) is 10.8 Å².